The van der Waals surface area contributed by atoms with Gasteiger partial charge in [0.15, 0.2) is 0 Å². The molecular weight excluding hydrogens is 304 g/mol. The van der Waals surface area contributed by atoms with E-state index in [2.05, 4.69) is 47.8 Å². The Balaban J connectivity index is 1.69. The van der Waals surface area contributed by atoms with Gasteiger partial charge in [-0.15, -0.1) is 0 Å². The molecule has 1 saturated heterocycles. The van der Waals surface area contributed by atoms with E-state index in [0.717, 1.165) is 36.5 Å². The van der Waals surface area contributed by atoms with Crippen LogP contribution in [0.1, 0.15) is 0 Å². The lowest BCUT2D eigenvalue weighted by atomic mass is 10.2. The number of hydrogen-bond acceptors (Lipinski definition) is 4. The molecule has 0 N–H and O–H groups in total. The topological polar surface area (TPSA) is 32.3 Å². The number of nitrogens with zero attached hydrogens (tertiary/aromatic N) is 4. The summed E-state index contributed by atoms with van der Waals surface area (Å²) in [6.07, 6.45) is 5.53. The third-order valence-corrected chi connectivity index (χ3v) is 3.97. The lowest BCUT2D eigenvalue weighted by molar-refractivity contribution is 0.646. The van der Waals surface area contributed by atoms with Crippen molar-refractivity contribution in [3.8, 4) is 0 Å². The van der Waals surface area contributed by atoms with Gasteiger partial charge in [-0.1, -0.05) is 0 Å². The zero-order chi connectivity index (χ0) is 13.1. The molecule has 2 aromatic heterocycles. The van der Waals surface area contributed by atoms with Crippen molar-refractivity contribution in [1.29, 1.82) is 0 Å². The SMILES string of the molecule is Brc1cccnc1N1CCN(c2ccncc2)CC1. The zero-order valence-electron chi connectivity index (χ0n) is 10.5. The van der Waals surface area contributed by atoms with Gasteiger partial charge in [0, 0.05) is 50.5 Å². The molecule has 0 unspecified atom stereocenters. The lowest BCUT2D eigenvalue weighted by Gasteiger charge is -2.37. The second-order valence-corrected chi connectivity index (χ2v) is 5.34. The van der Waals surface area contributed by atoms with Crippen molar-refractivity contribution in [1.82, 2.24) is 9.97 Å². The average Bonchev–Trinajstić information content (AvgIpc) is 2.49. The Morgan fingerprint density at radius 3 is 2.26 bits per heavy atom. The Bertz CT molecular complexity index is 538. The summed E-state index contributed by atoms with van der Waals surface area (Å²) < 4.78 is 1.06. The molecule has 2 aromatic rings. The number of halogens is 1. The quantitative estimate of drug-likeness (QED) is 0.852. The van der Waals surface area contributed by atoms with Crippen LogP contribution >= 0.6 is 15.9 Å². The molecule has 19 heavy (non-hydrogen) atoms. The average molecular weight is 319 g/mol. The maximum Gasteiger partial charge on any atom is 0.142 e. The molecule has 4 nitrogen and oxygen atoms in total. The second-order valence-electron chi connectivity index (χ2n) is 4.49. The monoisotopic (exact) mass is 318 g/mol. The first-order valence-corrected chi connectivity index (χ1v) is 7.14. The molecule has 3 heterocycles. The summed E-state index contributed by atoms with van der Waals surface area (Å²) in [6.45, 7) is 3.98. The molecule has 0 bridgehead atoms. The predicted molar refractivity (Wildman–Crippen MR) is 80.6 cm³/mol. The van der Waals surface area contributed by atoms with E-state index >= 15 is 0 Å². The standard InChI is InChI=1S/C14H15BrN4/c15-13-2-1-5-17-14(13)19-10-8-18(9-11-19)12-3-6-16-7-4-12/h1-7H,8-11H2. The number of rotatable bonds is 2. The molecule has 0 amide bonds. The van der Waals surface area contributed by atoms with Crippen molar-refractivity contribution >= 4 is 27.4 Å². The summed E-state index contributed by atoms with van der Waals surface area (Å²) in [7, 11) is 0. The Morgan fingerprint density at radius 1 is 0.895 bits per heavy atom. The molecule has 3 rings (SSSR count). The summed E-state index contributed by atoms with van der Waals surface area (Å²) in [5.74, 6) is 1.04. The number of aromatic nitrogens is 2. The van der Waals surface area contributed by atoms with Gasteiger partial charge in [-0.25, -0.2) is 4.98 Å². The molecule has 0 aliphatic carbocycles. The minimum atomic E-state index is 0.984. The maximum absolute atomic E-state index is 4.45. The molecule has 0 aromatic carbocycles. The van der Waals surface area contributed by atoms with E-state index in [1.165, 1.54) is 5.69 Å². The molecule has 1 aliphatic heterocycles. The van der Waals surface area contributed by atoms with Gasteiger partial charge in [0.2, 0.25) is 0 Å². The van der Waals surface area contributed by atoms with Crippen molar-refractivity contribution < 1.29 is 0 Å². The summed E-state index contributed by atoms with van der Waals surface area (Å²) in [4.78, 5) is 13.2. The van der Waals surface area contributed by atoms with Crippen LogP contribution in [0.15, 0.2) is 47.3 Å². The Kier molecular flexibility index (Phi) is 3.64. The summed E-state index contributed by atoms with van der Waals surface area (Å²) in [5.41, 5.74) is 1.25. The molecule has 1 aliphatic rings. The Morgan fingerprint density at radius 2 is 1.58 bits per heavy atom. The second kappa shape index (κ2) is 5.57. The first-order chi connectivity index (χ1) is 9.34. The van der Waals surface area contributed by atoms with Crippen LogP contribution in [-0.2, 0) is 0 Å². The fraction of sp³-hybridized carbons (Fsp3) is 0.286. The molecule has 0 atom stereocenters. The van der Waals surface area contributed by atoms with Crippen LogP contribution in [0.4, 0.5) is 11.5 Å². The van der Waals surface area contributed by atoms with E-state index < -0.39 is 0 Å². The molecule has 98 valence electrons. The van der Waals surface area contributed by atoms with Gasteiger partial charge in [-0.3, -0.25) is 4.98 Å². The molecule has 0 saturated carbocycles. The van der Waals surface area contributed by atoms with Gasteiger partial charge < -0.3 is 9.80 Å². The molecule has 1 fully saturated rings. The minimum Gasteiger partial charge on any atom is -0.368 e. The van der Waals surface area contributed by atoms with Crippen LogP contribution in [0, 0.1) is 0 Å². The summed E-state index contributed by atoms with van der Waals surface area (Å²) in [6, 6.07) is 8.11. The van der Waals surface area contributed by atoms with E-state index in [4.69, 9.17) is 0 Å². The van der Waals surface area contributed by atoms with Crippen molar-refractivity contribution in [3.05, 3.63) is 47.3 Å². The number of anilines is 2. The van der Waals surface area contributed by atoms with Gasteiger partial charge in [0.05, 0.1) is 4.47 Å². The van der Waals surface area contributed by atoms with E-state index in [9.17, 15) is 0 Å². The predicted octanol–water partition coefficient (Wildman–Crippen LogP) is 2.57. The van der Waals surface area contributed by atoms with Crippen molar-refractivity contribution in [2.45, 2.75) is 0 Å². The molecule has 0 spiro atoms. The maximum atomic E-state index is 4.45. The highest BCUT2D eigenvalue weighted by Crippen LogP contribution is 2.25. The number of hydrogen-bond donors (Lipinski definition) is 0. The van der Waals surface area contributed by atoms with Crippen molar-refractivity contribution in [2.75, 3.05) is 36.0 Å². The van der Waals surface area contributed by atoms with Gasteiger partial charge in [0.25, 0.3) is 0 Å². The minimum absolute atomic E-state index is 0.984. The van der Waals surface area contributed by atoms with Crippen LogP contribution in [0.3, 0.4) is 0 Å². The van der Waals surface area contributed by atoms with Gasteiger partial charge in [0.1, 0.15) is 5.82 Å². The van der Waals surface area contributed by atoms with Crippen molar-refractivity contribution in [2.24, 2.45) is 0 Å². The van der Waals surface area contributed by atoms with E-state index in [1.807, 2.05) is 30.7 Å². The Labute approximate surface area is 121 Å². The van der Waals surface area contributed by atoms with Crippen LogP contribution in [0.2, 0.25) is 0 Å². The molecular formula is C14H15BrN4. The largest absolute Gasteiger partial charge is 0.368 e. The van der Waals surface area contributed by atoms with Crippen molar-refractivity contribution in [3.63, 3.8) is 0 Å². The lowest BCUT2D eigenvalue weighted by Crippen LogP contribution is -2.47. The molecule has 0 radical (unpaired) electrons. The Hall–Kier alpha value is -1.62. The highest BCUT2D eigenvalue weighted by molar-refractivity contribution is 9.10. The first-order valence-electron chi connectivity index (χ1n) is 6.35. The van der Waals surface area contributed by atoms with Gasteiger partial charge in [-0.05, 0) is 40.2 Å². The molecule has 5 heteroatoms. The highest BCUT2D eigenvalue weighted by Gasteiger charge is 2.19. The summed E-state index contributed by atoms with van der Waals surface area (Å²) in [5, 5.41) is 0. The van der Waals surface area contributed by atoms with Crippen LogP contribution in [0.5, 0.6) is 0 Å². The van der Waals surface area contributed by atoms with Crippen LogP contribution < -0.4 is 9.80 Å². The smallest absolute Gasteiger partial charge is 0.142 e. The summed E-state index contributed by atoms with van der Waals surface area (Å²) >= 11 is 3.57. The van der Waals surface area contributed by atoms with Crippen LogP contribution in [-0.4, -0.2) is 36.1 Å². The normalized spacial score (nSPS) is 15.6. The third-order valence-electron chi connectivity index (χ3n) is 3.35. The highest BCUT2D eigenvalue weighted by atomic mass is 79.9. The van der Waals surface area contributed by atoms with Gasteiger partial charge >= 0.3 is 0 Å². The van der Waals surface area contributed by atoms with E-state index in [0.29, 0.717) is 0 Å². The number of pyridine rings is 2. The first kappa shape index (κ1) is 12.4. The fourth-order valence-electron chi connectivity index (χ4n) is 2.34. The van der Waals surface area contributed by atoms with E-state index in [1.54, 1.807) is 0 Å². The van der Waals surface area contributed by atoms with Gasteiger partial charge in [-0.2, -0.15) is 0 Å². The zero-order valence-corrected chi connectivity index (χ0v) is 12.1. The number of piperazine rings is 1. The fourth-order valence-corrected chi connectivity index (χ4v) is 2.85. The third kappa shape index (κ3) is 2.71. The van der Waals surface area contributed by atoms with Crippen LogP contribution in [0.25, 0.3) is 0 Å². The van der Waals surface area contributed by atoms with E-state index in [-0.39, 0.29) is 0 Å².